The molecule has 41 heavy (non-hydrogen) atoms. The van der Waals surface area contributed by atoms with Crippen LogP contribution in [-0.2, 0) is 21.3 Å². The van der Waals surface area contributed by atoms with Gasteiger partial charge in [0, 0.05) is 16.6 Å². The van der Waals surface area contributed by atoms with E-state index in [1.54, 1.807) is 49.4 Å². The van der Waals surface area contributed by atoms with Gasteiger partial charge in [0.05, 0.1) is 41.7 Å². The maximum Gasteiger partial charge on any atom is 0.515 e. The van der Waals surface area contributed by atoms with Gasteiger partial charge in [0.15, 0.2) is 0 Å². The van der Waals surface area contributed by atoms with E-state index in [1.165, 1.54) is 0 Å². The molecule has 0 saturated heterocycles. The van der Waals surface area contributed by atoms with Crippen molar-refractivity contribution in [3.05, 3.63) is 71.8 Å². The van der Waals surface area contributed by atoms with E-state index in [9.17, 15) is 18.0 Å². The highest BCUT2D eigenvalue weighted by Crippen LogP contribution is 2.42. The van der Waals surface area contributed by atoms with Crippen molar-refractivity contribution in [3.8, 4) is 17.0 Å². The summed E-state index contributed by atoms with van der Waals surface area (Å²) in [6.07, 6.45) is 1.16. The summed E-state index contributed by atoms with van der Waals surface area (Å²) in [6.45, 7) is 4.05. The number of aromatic nitrogens is 3. The minimum Gasteiger partial charge on any atom is -0.434 e. The first-order valence-corrected chi connectivity index (χ1v) is 15.5. The average molecular weight is 593 g/mol. The van der Waals surface area contributed by atoms with Crippen molar-refractivity contribution in [2.75, 3.05) is 17.1 Å². The zero-order chi connectivity index (χ0) is 29.0. The smallest absolute Gasteiger partial charge is 0.434 e. The number of unbranched alkanes of at least 4 members (excludes halogenated alkanes) is 1. The van der Waals surface area contributed by atoms with E-state index < -0.39 is 16.2 Å². The topological polar surface area (TPSA) is 129 Å². The monoisotopic (exact) mass is 592 g/mol. The molecule has 10 nitrogen and oxygen atoms in total. The maximum absolute atomic E-state index is 12.7. The molecule has 0 unspecified atom stereocenters. The lowest BCUT2D eigenvalue weighted by atomic mass is 10.0. The molecule has 0 amide bonds. The number of carbonyl (C=O) groups is 2. The molecule has 0 saturated carbocycles. The fourth-order valence-electron chi connectivity index (χ4n) is 4.56. The Morgan fingerprint density at radius 1 is 1.02 bits per heavy atom. The number of rotatable bonds is 11. The predicted molar refractivity (Wildman–Crippen MR) is 159 cm³/mol. The predicted octanol–water partition coefficient (Wildman–Crippen LogP) is 6.25. The van der Waals surface area contributed by atoms with E-state index in [0.717, 1.165) is 41.0 Å². The third-order valence-electron chi connectivity index (χ3n) is 6.49. The van der Waals surface area contributed by atoms with Gasteiger partial charge in [-0.2, -0.15) is 8.75 Å². The number of anilines is 1. The summed E-state index contributed by atoms with van der Waals surface area (Å²) in [7, 11) is -3.56. The highest BCUT2D eigenvalue weighted by Gasteiger charge is 2.24. The fourth-order valence-corrected chi connectivity index (χ4v) is 6.34. The van der Waals surface area contributed by atoms with Crippen LogP contribution in [0.4, 0.5) is 10.5 Å². The van der Waals surface area contributed by atoms with Gasteiger partial charge in [0.1, 0.15) is 17.3 Å². The number of hydrogen-bond acceptors (Lipinski definition) is 9. The lowest BCUT2D eigenvalue weighted by molar-refractivity contribution is 0.101. The number of aldehydes is 1. The van der Waals surface area contributed by atoms with Crippen LogP contribution in [0.15, 0.2) is 60.7 Å². The van der Waals surface area contributed by atoms with Gasteiger partial charge >= 0.3 is 6.16 Å². The quantitative estimate of drug-likeness (QED) is 0.141. The molecule has 5 rings (SSSR count). The summed E-state index contributed by atoms with van der Waals surface area (Å²) in [5, 5.41) is 0.648. The van der Waals surface area contributed by atoms with Crippen LogP contribution in [0, 0.1) is 0 Å². The molecular weight excluding hydrogens is 564 g/mol. The number of benzene rings is 3. The minimum absolute atomic E-state index is 0.00768. The Bertz CT molecular complexity index is 1830. The zero-order valence-electron chi connectivity index (χ0n) is 22.5. The molecular formula is C29H28N4O6S2. The van der Waals surface area contributed by atoms with Crippen LogP contribution in [-0.4, -0.2) is 46.5 Å². The number of hydrogen-bond donors (Lipinski definition) is 1. The number of fused-ring (bicyclic) bond motifs is 2. The molecule has 0 aliphatic rings. The average Bonchev–Trinajstić information content (AvgIpc) is 3.54. The molecule has 0 radical (unpaired) electrons. The molecule has 212 valence electrons. The van der Waals surface area contributed by atoms with E-state index in [2.05, 4.69) is 13.5 Å². The first kappa shape index (κ1) is 28.2. The summed E-state index contributed by atoms with van der Waals surface area (Å²) in [4.78, 5) is 24.0. The van der Waals surface area contributed by atoms with Crippen LogP contribution >= 0.6 is 11.7 Å². The summed E-state index contributed by atoms with van der Waals surface area (Å²) in [5.74, 6) is 0.230. The lowest BCUT2D eigenvalue weighted by Gasteiger charge is -2.13. The number of carbonyl (C=O) groups excluding carboxylic acids is 2. The van der Waals surface area contributed by atoms with Crippen LogP contribution < -0.4 is 9.46 Å². The summed E-state index contributed by atoms with van der Waals surface area (Å²) < 4.78 is 49.4. The largest absolute Gasteiger partial charge is 0.515 e. The number of sulfonamides is 1. The Kier molecular flexibility index (Phi) is 8.31. The van der Waals surface area contributed by atoms with Crippen LogP contribution in [0.5, 0.6) is 5.88 Å². The number of nitrogens with one attached hydrogen (secondary N) is 1. The maximum atomic E-state index is 12.7. The van der Waals surface area contributed by atoms with Crippen LogP contribution in [0.1, 0.15) is 42.6 Å². The van der Waals surface area contributed by atoms with Crippen molar-refractivity contribution in [3.63, 3.8) is 0 Å². The molecule has 1 N–H and O–H groups in total. The van der Waals surface area contributed by atoms with Gasteiger partial charge in [-0.3, -0.25) is 9.52 Å². The Hall–Kier alpha value is -4.29. The molecule has 2 aromatic heterocycles. The Morgan fingerprint density at radius 3 is 2.54 bits per heavy atom. The lowest BCUT2D eigenvalue weighted by Crippen LogP contribution is -2.16. The van der Waals surface area contributed by atoms with Crippen molar-refractivity contribution in [2.45, 2.75) is 33.2 Å². The second-order valence-corrected chi connectivity index (χ2v) is 11.8. The Labute approximate surface area is 241 Å². The Morgan fingerprint density at radius 2 is 1.80 bits per heavy atom. The number of ether oxygens (including phenoxy) is 2. The summed E-state index contributed by atoms with van der Waals surface area (Å²) in [6, 6.07) is 17.8. The van der Waals surface area contributed by atoms with E-state index in [-0.39, 0.29) is 18.2 Å². The van der Waals surface area contributed by atoms with Gasteiger partial charge in [-0.05, 0) is 54.8 Å². The van der Waals surface area contributed by atoms with Crippen LogP contribution in [0.25, 0.3) is 33.1 Å². The van der Waals surface area contributed by atoms with Crippen LogP contribution in [0.3, 0.4) is 0 Å². The molecule has 0 fully saturated rings. The first-order chi connectivity index (χ1) is 19.8. The zero-order valence-corrected chi connectivity index (χ0v) is 24.1. The van der Waals surface area contributed by atoms with Crippen molar-refractivity contribution in [2.24, 2.45) is 0 Å². The fraction of sp³-hybridized carbons (Fsp3) is 0.241. The van der Waals surface area contributed by atoms with E-state index in [0.29, 0.717) is 46.2 Å². The Balaban J connectivity index is 1.71. The summed E-state index contributed by atoms with van der Waals surface area (Å²) in [5.41, 5.74) is 5.23. The molecule has 3 aromatic carbocycles. The molecule has 12 heteroatoms. The van der Waals surface area contributed by atoms with E-state index >= 15 is 0 Å². The highest BCUT2D eigenvalue weighted by molar-refractivity contribution is 7.92. The molecule has 2 heterocycles. The molecule has 0 aliphatic carbocycles. The van der Waals surface area contributed by atoms with Gasteiger partial charge in [-0.15, -0.1) is 0 Å². The standard InChI is InChI=1S/C29H28N4O6S2/c1-3-5-14-41(36,37)32-22-11-13-26-23(16-22)27(21-9-6-19(18-34)7-10-21)28(39-29(35)38-4-2)33(26)17-20-8-12-24-25(15-20)31-40-30-24/h6-13,15-16,18,32H,3-5,14,17H2,1-2H3. The van der Waals surface area contributed by atoms with Crippen molar-refractivity contribution < 1.29 is 27.5 Å². The van der Waals surface area contributed by atoms with Gasteiger partial charge < -0.3 is 14.0 Å². The normalized spacial score (nSPS) is 11.6. The van der Waals surface area contributed by atoms with Crippen molar-refractivity contribution >= 4 is 61.8 Å². The second kappa shape index (κ2) is 12.1. The minimum atomic E-state index is -3.56. The molecule has 0 aliphatic heterocycles. The molecule has 5 aromatic rings. The molecule has 0 atom stereocenters. The van der Waals surface area contributed by atoms with E-state index in [4.69, 9.17) is 9.47 Å². The SMILES string of the molecule is CCCCS(=O)(=O)Nc1ccc2c(c1)c(-c1ccc(C=O)cc1)c(OC(=O)OCC)n2Cc1ccc2nsnc2c1. The first-order valence-electron chi connectivity index (χ1n) is 13.1. The summed E-state index contributed by atoms with van der Waals surface area (Å²) >= 11 is 1.13. The third-order valence-corrected chi connectivity index (χ3v) is 8.42. The number of nitrogens with zero attached hydrogens (tertiary/aromatic N) is 3. The second-order valence-electron chi connectivity index (χ2n) is 9.38. The van der Waals surface area contributed by atoms with Gasteiger partial charge in [0.2, 0.25) is 15.9 Å². The molecule has 0 spiro atoms. The van der Waals surface area contributed by atoms with Gasteiger partial charge in [-0.25, -0.2) is 13.2 Å². The van der Waals surface area contributed by atoms with Gasteiger partial charge in [-0.1, -0.05) is 43.7 Å². The highest BCUT2D eigenvalue weighted by atomic mass is 32.2. The van der Waals surface area contributed by atoms with Crippen molar-refractivity contribution in [1.29, 1.82) is 0 Å². The third kappa shape index (κ3) is 6.23. The van der Waals surface area contributed by atoms with Gasteiger partial charge in [0.25, 0.3) is 0 Å². The molecule has 0 bridgehead atoms. The van der Waals surface area contributed by atoms with E-state index in [1.807, 2.05) is 29.7 Å². The van der Waals surface area contributed by atoms with Crippen molar-refractivity contribution in [1.82, 2.24) is 13.3 Å². The van der Waals surface area contributed by atoms with Crippen LogP contribution in [0.2, 0.25) is 0 Å².